The SMILES string of the molecule is C.C.C.C.C.C.C.C.C.C.C.C.C.C.CCC1CC(C(=O)OC(C)(C)C)C(CC)O1.CCC1CC(C(C)C(=O)OC(C)(CC)CC)C(CC)O1.CCC1CC(CC(=O)OC(C)(C)CC)C(CC)O1.CCC1CC(CC)C(C(=O)OC(C)(C)C)C1C(=O)OC.CCC1CC(CC)C(C(=O)OC(Cl)(Cl)Cl)C1C(=O)OC(C)(C)C.CCC1CC(CC)C(C(=O)OC)C1C(=O)OC.CCC1CC(CC)C(C(=O)OC)C1COC. The molecule has 24 nitrogen and oxygen atoms in total. The summed E-state index contributed by atoms with van der Waals surface area (Å²) in [6.45, 7) is 60.7. The summed E-state index contributed by atoms with van der Waals surface area (Å²) in [7, 11) is 7.34. The molecule has 4 aliphatic carbocycles. The zero-order chi connectivity index (χ0) is 100. The fourth-order valence-corrected chi connectivity index (χ4v) is 20.6. The molecule has 3 aliphatic heterocycles. The Balaban J connectivity index is -0.000000113. The Bertz CT molecular complexity index is 3270. The number of esters is 10. The Morgan fingerprint density at radius 1 is 0.292 bits per heavy atom. The van der Waals surface area contributed by atoms with Crippen molar-refractivity contribution in [2.24, 2.45) is 118 Å². The van der Waals surface area contributed by atoms with Crippen LogP contribution in [0.3, 0.4) is 0 Å². The molecule has 872 valence electrons. The van der Waals surface area contributed by atoms with Gasteiger partial charge in [0.15, 0.2) is 0 Å². The fourth-order valence-electron chi connectivity index (χ4n) is 20.4. The maximum absolute atomic E-state index is 12.6. The van der Waals surface area contributed by atoms with Gasteiger partial charge in [-0.3, -0.25) is 47.9 Å². The van der Waals surface area contributed by atoms with Gasteiger partial charge in [0.2, 0.25) is 0 Å². The van der Waals surface area contributed by atoms with E-state index in [0.29, 0.717) is 54.8 Å². The molecule has 0 N–H and O–H groups in total. The van der Waals surface area contributed by atoms with E-state index in [1.54, 1.807) is 27.9 Å². The summed E-state index contributed by atoms with van der Waals surface area (Å²) in [6, 6.07) is 0. The number of rotatable bonds is 33. The molecule has 7 rings (SSSR count). The quantitative estimate of drug-likeness (QED) is 0.0335. The summed E-state index contributed by atoms with van der Waals surface area (Å²) in [5.74, 6) is -2.09. The lowest BCUT2D eigenvalue weighted by molar-refractivity contribution is -0.169. The highest BCUT2D eigenvalue weighted by Gasteiger charge is 2.56. The molecule has 0 bridgehead atoms. The number of carbonyl (C=O) groups is 10. The molecule has 3 heterocycles. The Morgan fingerprint density at radius 3 is 0.854 bits per heavy atom. The molecular weight excluding hydrogens is 1900 g/mol. The first-order chi connectivity index (χ1) is 60.6. The van der Waals surface area contributed by atoms with Gasteiger partial charge in [0.1, 0.15) is 28.0 Å². The van der Waals surface area contributed by atoms with Crippen LogP contribution in [0, 0.1) is 118 Å². The van der Waals surface area contributed by atoms with Crippen LogP contribution in [-0.2, 0) is 114 Å². The van der Waals surface area contributed by atoms with Crippen LogP contribution in [0.25, 0.3) is 0 Å². The van der Waals surface area contributed by atoms with Gasteiger partial charge in [-0.05, 0) is 280 Å². The minimum Gasteiger partial charge on any atom is -0.469 e. The fraction of sp³-hybridized carbons (Fsp3) is 0.915. The molecule has 0 radical (unpaired) electrons. The average molecular weight is 2140 g/mol. The van der Waals surface area contributed by atoms with Crippen molar-refractivity contribution in [3.8, 4) is 0 Å². The largest absolute Gasteiger partial charge is 0.469 e. The van der Waals surface area contributed by atoms with E-state index in [1.807, 2.05) is 104 Å². The van der Waals surface area contributed by atoms with Crippen molar-refractivity contribution >= 4 is 94.5 Å². The Morgan fingerprint density at radius 2 is 0.569 bits per heavy atom. The van der Waals surface area contributed by atoms with E-state index in [1.165, 1.54) is 28.4 Å². The van der Waals surface area contributed by atoms with Crippen LogP contribution in [0.2, 0.25) is 0 Å². The molecule has 7 aliphatic rings. The van der Waals surface area contributed by atoms with E-state index in [4.69, 9.17) is 101 Å². The molecule has 0 amide bonds. The van der Waals surface area contributed by atoms with Crippen LogP contribution in [-0.4, -0.2) is 170 Å². The lowest BCUT2D eigenvalue weighted by atomic mass is 9.85. The first-order valence-corrected chi connectivity index (χ1v) is 50.9. The van der Waals surface area contributed by atoms with Gasteiger partial charge < -0.3 is 66.3 Å². The molecule has 0 aromatic rings. The summed E-state index contributed by atoms with van der Waals surface area (Å²) in [6.07, 6.45) is 24.0. The third-order valence-electron chi connectivity index (χ3n) is 28.5. The minimum absolute atomic E-state index is 0. The summed E-state index contributed by atoms with van der Waals surface area (Å²) < 4.78 is 73.1. The molecule has 26 atom stereocenters. The topological polar surface area (TPSA) is 300 Å². The van der Waals surface area contributed by atoms with Crippen molar-refractivity contribution in [1.82, 2.24) is 0 Å². The molecule has 26 unspecified atom stereocenters. The second kappa shape index (κ2) is 81.2. The number of carbonyl (C=O) groups excluding carboxylic acids is 10. The minimum atomic E-state index is -2.13. The first-order valence-electron chi connectivity index (χ1n) is 49.8. The van der Waals surface area contributed by atoms with Crippen molar-refractivity contribution in [2.45, 2.75) is 541 Å². The molecule has 7 fully saturated rings. The maximum Gasteiger partial charge on any atom is 0.340 e. The smallest absolute Gasteiger partial charge is 0.340 e. The number of alkyl halides is 3. The predicted molar refractivity (Wildman–Crippen MR) is 606 cm³/mol. The number of hydrogen-bond donors (Lipinski definition) is 0. The molecule has 0 aromatic heterocycles. The van der Waals surface area contributed by atoms with E-state index >= 15 is 0 Å². The third kappa shape index (κ3) is 54.1. The van der Waals surface area contributed by atoms with Crippen molar-refractivity contribution in [3.05, 3.63) is 0 Å². The zero-order valence-corrected chi connectivity index (χ0v) is 89.6. The highest BCUT2D eigenvalue weighted by Crippen LogP contribution is 2.51. The van der Waals surface area contributed by atoms with Crippen LogP contribution < -0.4 is 0 Å². The lowest BCUT2D eigenvalue weighted by Gasteiger charge is -2.30. The number of halogens is 3. The zero-order valence-electron chi connectivity index (χ0n) is 87.3. The van der Waals surface area contributed by atoms with Gasteiger partial charge in [0.25, 0.3) is 0 Å². The maximum atomic E-state index is 12.6. The normalized spacial score (nSPS) is 27.2. The number of hydrogen-bond acceptors (Lipinski definition) is 24. The van der Waals surface area contributed by atoms with Gasteiger partial charge >= 0.3 is 63.7 Å². The molecule has 3 saturated heterocycles. The van der Waals surface area contributed by atoms with Gasteiger partial charge in [0.05, 0.1) is 131 Å². The highest BCUT2D eigenvalue weighted by molar-refractivity contribution is 6.66. The predicted octanol–water partition coefficient (Wildman–Crippen LogP) is 32.5. The molecule has 144 heavy (non-hydrogen) atoms. The molecular formula is C117H239Cl3O24. The highest BCUT2D eigenvalue weighted by atomic mass is 35.6. The van der Waals surface area contributed by atoms with E-state index in [-0.39, 0.29) is 270 Å². The van der Waals surface area contributed by atoms with Crippen molar-refractivity contribution in [2.75, 3.05) is 42.2 Å². The van der Waals surface area contributed by atoms with Gasteiger partial charge in [-0.1, -0.05) is 280 Å². The Hall–Kier alpha value is -4.59. The van der Waals surface area contributed by atoms with Crippen LogP contribution in [0.15, 0.2) is 0 Å². The van der Waals surface area contributed by atoms with Crippen molar-refractivity contribution in [1.29, 1.82) is 0 Å². The van der Waals surface area contributed by atoms with E-state index in [0.717, 1.165) is 154 Å². The van der Waals surface area contributed by atoms with Gasteiger partial charge in [-0.15, -0.1) is 0 Å². The van der Waals surface area contributed by atoms with E-state index < -0.39 is 38.6 Å². The van der Waals surface area contributed by atoms with Crippen LogP contribution in [0.4, 0.5) is 0 Å². The lowest BCUT2D eigenvalue weighted by Crippen LogP contribution is -2.38. The van der Waals surface area contributed by atoms with E-state index in [2.05, 4.69) is 83.1 Å². The Labute approximate surface area is 904 Å². The summed E-state index contributed by atoms with van der Waals surface area (Å²) in [4.78, 5) is 122. The summed E-state index contributed by atoms with van der Waals surface area (Å²) in [5.41, 5.74) is -2.22. The molecule has 4 saturated carbocycles. The number of ether oxygens (including phenoxy) is 14. The summed E-state index contributed by atoms with van der Waals surface area (Å²) >= 11 is 16.7. The second-order valence-electron chi connectivity index (χ2n) is 40.9. The Kier molecular flexibility index (Phi) is 95.7. The first kappa shape index (κ1) is 170. The molecule has 0 aromatic carbocycles. The van der Waals surface area contributed by atoms with Crippen LogP contribution in [0.1, 0.15) is 472 Å². The average Bonchev–Trinajstić information content (AvgIpc) is 1.63. The molecule has 0 spiro atoms. The van der Waals surface area contributed by atoms with Gasteiger partial charge in [0, 0.05) is 13.0 Å². The van der Waals surface area contributed by atoms with Crippen molar-refractivity contribution < 1.29 is 114 Å². The third-order valence-corrected chi connectivity index (χ3v) is 28.7. The van der Waals surface area contributed by atoms with Crippen LogP contribution in [0.5, 0.6) is 0 Å². The number of methoxy groups -OCH3 is 5. The summed E-state index contributed by atoms with van der Waals surface area (Å²) in [5, 5.41) is 0. The molecule has 27 heteroatoms. The van der Waals surface area contributed by atoms with E-state index in [9.17, 15) is 47.9 Å². The van der Waals surface area contributed by atoms with Crippen molar-refractivity contribution in [3.63, 3.8) is 0 Å². The van der Waals surface area contributed by atoms with Crippen LogP contribution >= 0.6 is 34.8 Å². The van der Waals surface area contributed by atoms with Gasteiger partial charge in [-0.2, -0.15) is 0 Å². The van der Waals surface area contributed by atoms with Gasteiger partial charge in [-0.25, -0.2) is 0 Å². The second-order valence-corrected chi connectivity index (χ2v) is 43.1. The monoisotopic (exact) mass is 2130 g/mol. The standard InChI is InChI=1S/C17H32O3.C16H25Cl3O4.C16H28O4.C15H28O3.C13H22O4.2C13H24O3.14CH4/c1-7-13-11-14(15(8-2)19-13)12(5)16(18)20-17(6,9-3)10-4;1-6-9-8-10(7-2)12(14(21)23-16(17,18)19)11(9)13(20)22-15(3,4)5;1-7-10-9-11(8-2)13(12(10)14(17)19-6)15(18)20-16(3,4)5;1-6-12-9-11(13(7-2)17-12)10-14(16)18-15(4,5)8-3;1-5-8-7-9(6-2)11(13(15)17-4)10(8)12(14)16-3;1-6-9-8-10(11(7-2)15-9)12(14)16-13(3,4)5;1-5-9-7-10(6-2)12(13(14)16-4)11(9)8-15-3;;;;;;;;;;;;;;/h12-15H,7-11H2,1-6H3;9-12H,6-8H2,1-5H3;10-13H,7-9H2,1-6H3;11-13H,6-10H2,1-5H3;8-11H,5-7H2,1-4H3;9-11H,6-8H2,1-5H3;9-12H,5-8H2,1-4H3;14*1H4.